The van der Waals surface area contributed by atoms with E-state index < -0.39 is 5.97 Å². The van der Waals surface area contributed by atoms with Gasteiger partial charge in [-0.3, -0.25) is 14.4 Å². The van der Waals surface area contributed by atoms with E-state index in [4.69, 9.17) is 0 Å². The van der Waals surface area contributed by atoms with Crippen LogP contribution in [0.2, 0.25) is 0 Å². The molecule has 0 fully saturated rings. The van der Waals surface area contributed by atoms with Crippen molar-refractivity contribution in [3.05, 3.63) is 131 Å². The normalized spacial score (nSPS) is 10.6. The second-order valence-corrected chi connectivity index (χ2v) is 9.38. The summed E-state index contributed by atoms with van der Waals surface area (Å²) in [5, 5.41) is 19.0. The summed E-state index contributed by atoms with van der Waals surface area (Å²) in [6.45, 7) is 0.592. The first-order valence-electron chi connectivity index (χ1n) is 13.2. The van der Waals surface area contributed by atoms with Crippen LogP contribution in [0.25, 0.3) is 11.1 Å². The molecule has 0 heterocycles. The first-order chi connectivity index (χ1) is 19.5. The molecule has 4 aromatic rings. The number of carbonyl (C=O) groups is 3. The lowest BCUT2D eigenvalue weighted by atomic mass is 9.93. The van der Waals surface area contributed by atoms with Gasteiger partial charge in [-0.25, -0.2) is 0 Å². The molecule has 0 aliphatic rings. The summed E-state index contributed by atoms with van der Waals surface area (Å²) < 4.78 is 0. The van der Waals surface area contributed by atoms with Crippen LogP contribution >= 0.6 is 0 Å². The molecule has 0 aromatic heterocycles. The van der Waals surface area contributed by atoms with Crippen molar-refractivity contribution in [3.8, 4) is 11.1 Å². The Bertz CT molecular complexity index is 1440. The first-order valence-corrected chi connectivity index (χ1v) is 13.2. The Labute approximate surface area is 233 Å². The van der Waals surface area contributed by atoms with Crippen molar-refractivity contribution < 1.29 is 24.6 Å². The maximum Gasteiger partial charge on any atom is 0.305 e. The number of aliphatic hydroxyl groups is 1. The number of hydrogen-bond acceptors (Lipinski definition) is 4. The molecule has 7 nitrogen and oxygen atoms in total. The molecule has 4 rings (SSSR count). The van der Waals surface area contributed by atoms with Gasteiger partial charge in [-0.15, -0.1) is 0 Å². The van der Waals surface area contributed by atoms with E-state index in [9.17, 15) is 24.6 Å². The number of aliphatic carboxylic acids is 1. The van der Waals surface area contributed by atoms with Crippen LogP contribution in [0.5, 0.6) is 0 Å². The van der Waals surface area contributed by atoms with Gasteiger partial charge in [-0.2, -0.15) is 0 Å². The number of carboxylic acid groups (broad SMARTS) is 1. The maximum atomic E-state index is 13.9. The number of nitrogens with zero attached hydrogens (tertiary/aromatic N) is 2. The quantitative estimate of drug-likeness (QED) is 0.262. The highest BCUT2D eigenvalue weighted by molar-refractivity contribution is 6.06. The summed E-state index contributed by atoms with van der Waals surface area (Å²) in [5.74, 6) is -1.57. The van der Waals surface area contributed by atoms with Crippen molar-refractivity contribution in [1.82, 2.24) is 9.80 Å². The number of aliphatic hydroxyl groups excluding tert-OH is 1. The molecule has 2 amide bonds. The van der Waals surface area contributed by atoms with Crippen LogP contribution in [0.3, 0.4) is 0 Å². The summed E-state index contributed by atoms with van der Waals surface area (Å²) >= 11 is 0. The fourth-order valence-electron chi connectivity index (χ4n) is 4.61. The number of hydrogen-bond donors (Lipinski definition) is 2. The molecule has 0 aliphatic heterocycles. The molecule has 0 bridgehead atoms. The first kappa shape index (κ1) is 28.3. The second kappa shape index (κ2) is 13.9. The lowest BCUT2D eigenvalue weighted by Crippen LogP contribution is -2.34. The number of rotatable bonds is 12. The monoisotopic (exact) mass is 536 g/mol. The maximum absolute atomic E-state index is 13.9. The van der Waals surface area contributed by atoms with Crippen LogP contribution in [0, 0.1) is 0 Å². The van der Waals surface area contributed by atoms with Crippen molar-refractivity contribution >= 4 is 17.8 Å². The predicted molar refractivity (Wildman–Crippen MR) is 154 cm³/mol. The van der Waals surface area contributed by atoms with Crippen LogP contribution in [0.1, 0.15) is 38.3 Å². The molecule has 40 heavy (non-hydrogen) atoms. The van der Waals surface area contributed by atoms with Gasteiger partial charge in [0.1, 0.15) is 0 Å². The number of amides is 2. The van der Waals surface area contributed by atoms with Gasteiger partial charge < -0.3 is 20.0 Å². The number of carboxylic acids is 1. The van der Waals surface area contributed by atoms with Crippen LogP contribution in [-0.2, 0) is 17.9 Å². The average molecular weight is 537 g/mol. The summed E-state index contributed by atoms with van der Waals surface area (Å²) in [7, 11) is 0. The fraction of sp³-hybridized carbons (Fsp3) is 0.182. The van der Waals surface area contributed by atoms with Crippen LogP contribution in [-0.4, -0.2) is 57.5 Å². The Morgan fingerprint density at radius 1 is 0.550 bits per heavy atom. The zero-order valence-electron chi connectivity index (χ0n) is 22.1. The van der Waals surface area contributed by atoms with Crippen molar-refractivity contribution in [2.24, 2.45) is 0 Å². The zero-order chi connectivity index (χ0) is 28.3. The van der Waals surface area contributed by atoms with E-state index in [1.165, 1.54) is 4.90 Å². The van der Waals surface area contributed by atoms with Crippen LogP contribution in [0.4, 0.5) is 0 Å². The van der Waals surface area contributed by atoms with Crippen molar-refractivity contribution in [2.75, 3.05) is 19.7 Å². The van der Waals surface area contributed by atoms with E-state index in [2.05, 4.69) is 0 Å². The summed E-state index contributed by atoms with van der Waals surface area (Å²) in [5.41, 5.74) is 3.77. The van der Waals surface area contributed by atoms with Crippen molar-refractivity contribution in [2.45, 2.75) is 19.5 Å². The Balaban J connectivity index is 1.70. The molecule has 0 spiro atoms. The molecule has 0 saturated carbocycles. The molecule has 7 heteroatoms. The third-order valence-electron chi connectivity index (χ3n) is 6.58. The standard InChI is InChI=1S/C33H32N2O5/c36-22-21-35(24-26-13-5-2-6-14-26)33(40)30-18-10-8-16-28(30)27-15-7-9-17-29(27)32(39)34(20-19-31(37)38)23-25-11-3-1-4-12-25/h1-18,36H,19-24H2,(H,37,38). The average Bonchev–Trinajstić information content (AvgIpc) is 2.99. The van der Waals surface area contributed by atoms with Crippen molar-refractivity contribution in [1.29, 1.82) is 0 Å². The third-order valence-corrected chi connectivity index (χ3v) is 6.58. The fourth-order valence-corrected chi connectivity index (χ4v) is 4.61. The lowest BCUT2D eigenvalue weighted by molar-refractivity contribution is -0.137. The van der Waals surface area contributed by atoms with Crippen LogP contribution in [0.15, 0.2) is 109 Å². The smallest absolute Gasteiger partial charge is 0.305 e. The Morgan fingerprint density at radius 3 is 1.38 bits per heavy atom. The highest BCUT2D eigenvalue weighted by Gasteiger charge is 2.24. The van der Waals surface area contributed by atoms with E-state index >= 15 is 0 Å². The minimum Gasteiger partial charge on any atom is -0.481 e. The third kappa shape index (κ3) is 7.21. The molecular weight excluding hydrogens is 504 g/mol. The Morgan fingerprint density at radius 2 is 0.950 bits per heavy atom. The van der Waals surface area contributed by atoms with Gasteiger partial charge >= 0.3 is 5.97 Å². The zero-order valence-corrected chi connectivity index (χ0v) is 22.1. The molecule has 0 unspecified atom stereocenters. The molecular formula is C33H32N2O5. The second-order valence-electron chi connectivity index (χ2n) is 9.38. The topological polar surface area (TPSA) is 98.2 Å². The molecule has 4 aromatic carbocycles. The summed E-state index contributed by atoms with van der Waals surface area (Å²) in [6, 6.07) is 33.1. The molecule has 0 radical (unpaired) electrons. The Kier molecular flexibility index (Phi) is 9.80. The van der Waals surface area contributed by atoms with Crippen LogP contribution < -0.4 is 0 Å². The van der Waals surface area contributed by atoms with E-state index in [0.29, 0.717) is 28.8 Å². The molecule has 204 valence electrons. The van der Waals surface area contributed by atoms with Gasteiger partial charge in [0.25, 0.3) is 11.8 Å². The summed E-state index contributed by atoms with van der Waals surface area (Å²) in [6.07, 6.45) is -0.189. The minimum atomic E-state index is -0.988. The van der Waals surface area contributed by atoms with E-state index in [1.807, 2.05) is 72.8 Å². The summed E-state index contributed by atoms with van der Waals surface area (Å²) in [4.78, 5) is 42.2. The highest BCUT2D eigenvalue weighted by Crippen LogP contribution is 2.30. The molecule has 2 N–H and O–H groups in total. The van der Waals surface area contributed by atoms with E-state index in [0.717, 1.165) is 11.1 Å². The number of benzene rings is 4. The number of carbonyl (C=O) groups excluding carboxylic acids is 2. The van der Waals surface area contributed by atoms with Gasteiger partial charge in [-0.1, -0.05) is 97.1 Å². The van der Waals surface area contributed by atoms with Gasteiger partial charge in [0.05, 0.1) is 13.0 Å². The molecule has 0 saturated heterocycles. The minimum absolute atomic E-state index is 0.0410. The molecule has 0 aliphatic carbocycles. The van der Waals surface area contributed by atoms with Gasteiger partial charge in [0.2, 0.25) is 0 Å². The van der Waals surface area contributed by atoms with Crippen molar-refractivity contribution in [3.63, 3.8) is 0 Å². The van der Waals surface area contributed by atoms with E-state index in [1.54, 1.807) is 41.3 Å². The van der Waals surface area contributed by atoms with E-state index in [-0.39, 0.29) is 44.5 Å². The van der Waals surface area contributed by atoms with Gasteiger partial charge in [0.15, 0.2) is 0 Å². The van der Waals surface area contributed by atoms with Gasteiger partial charge in [-0.05, 0) is 34.4 Å². The van der Waals surface area contributed by atoms with Gasteiger partial charge in [0, 0.05) is 37.3 Å². The largest absolute Gasteiger partial charge is 0.481 e. The highest BCUT2D eigenvalue weighted by atomic mass is 16.4. The SMILES string of the molecule is O=C(O)CCN(Cc1ccccc1)C(=O)c1ccccc1-c1ccccc1C(=O)N(CCO)Cc1ccccc1. The Hall–Kier alpha value is -4.75. The molecule has 0 atom stereocenters. The lowest BCUT2D eigenvalue weighted by Gasteiger charge is -2.25. The predicted octanol–water partition coefficient (Wildman–Crippen LogP) is 5.11.